The van der Waals surface area contributed by atoms with Gasteiger partial charge in [-0.05, 0) is 43.6 Å². The van der Waals surface area contributed by atoms with Crippen molar-refractivity contribution in [1.82, 2.24) is 5.32 Å². The lowest BCUT2D eigenvalue weighted by molar-refractivity contribution is -0.124. The first kappa shape index (κ1) is 13.9. The summed E-state index contributed by atoms with van der Waals surface area (Å²) < 4.78 is 0. The molecule has 3 heteroatoms. The predicted molar refractivity (Wildman–Crippen MR) is 74.1 cm³/mol. The summed E-state index contributed by atoms with van der Waals surface area (Å²) in [6, 6.07) is 0.413. The molecular formula is C15H28N2O. The summed E-state index contributed by atoms with van der Waals surface area (Å²) in [6.45, 7) is 2.91. The monoisotopic (exact) mass is 252 g/mol. The molecule has 2 unspecified atom stereocenters. The van der Waals surface area contributed by atoms with Crippen LogP contribution in [-0.4, -0.2) is 18.5 Å². The molecule has 0 aromatic rings. The van der Waals surface area contributed by atoms with E-state index in [-0.39, 0.29) is 11.3 Å². The Morgan fingerprint density at radius 2 is 1.94 bits per heavy atom. The first-order valence-corrected chi connectivity index (χ1v) is 7.65. The smallest absolute Gasteiger partial charge is 0.220 e. The molecule has 0 aliphatic heterocycles. The highest BCUT2D eigenvalue weighted by Gasteiger charge is 2.34. The van der Waals surface area contributed by atoms with Crippen LogP contribution in [0.15, 0.2) is 0 Å². The Morgan fingerprint density at radius 1 is 1.22 bits per heavy atom. The lowest BCUT2D eigenvalue weighted by atomic mass is 9.71. The van der Waals surface area contributed by atoms with E-state index in [1.54, 1.807) is 0 Å². The zero-order valence-electron chi connectivity index (χ0n) is 11.7. The van der Waals surface area contributed by atoms with Crippen molar-refractivity contribution in [3.63, 3.8) is 0 Å². The molecule has 2 aliphatic rings. The van der Waals surface area contributed by atoms with E-state index >= 15 is 0 Å². The Morgan fingerprint density at radius 3 is 2.50 bits per heavy atom. The number of amides is 1. The first-order valence-electron chi connectivity index (χ1n) is 7.65. The molecule has 0 spiro atoms. The van der Waals surface area contributed by atoms with Crippen molar-refractivity contribution in [3.8, 4) is 0 Å². The van der Waals surface area contributed by atoms with Crippen molar-refractivity contribution in [3.05, 3.63) is 0 Å². The third-order valence-corrected chi connectivity index (χ3v) is 5.09. The van der Waals surface area contributed by atoms with Gasteiger partial charge in [0.05, 0.1) is 0 Å². The van der Waals surface area contributed by atoms with Crippen molar-refractivity contribution >= 4 is 5.91 Å². The molecule has 0 aromatic heterocycles. The highest BCUT2D eigenvalue weighted by atomic mass is 16.1. The fraction of sp³-hybridized carbons (Fsp3) is 0.933. The highest BCUT2D eigenvalue weighted by Crippen LogP contribution is 2.38. The SMILES string of the molecule is CC1CCCC1NC(=O)CC1(CN)CCCCC1. The fourth-order valence-electron chi connectivity index (χ4n) is 3.71. The molecule has 2 atom stereocenters. The largest absolute Gasteiger partial charge is 0.353 e. The zero-order valence-corrected chi connectivity index (χ0v) is 11.7. The molecule has 0 aromatic carbocycles. The summed E-state index contributed by atoms with van der Waals surface area (Å²) in [5.41, 5.74) is 6.04. The van der Waals surface area contributed by atoms with Gasteiger partial charge in [0.1, 0.15) is 0 Å². The summed E-state index contributed by atoms with van der Waals surface area (Å²) in [7, 11) is 0. The van der Waals surface area contributed by atoms with Crippen LogP contribution >= 0.6 is 0 Å². The van der Waals surface area contributed by atoms with Gasteiger partial charge in [-0.2, -0.15) is 0 Å². The van der Waals surface area contributed by atoms with Crippen LogP contribution in [0.5, 0.6) is 0 Å². The third kappa shape index (κ3) is 3.25. The Hall–Kier alpha value is -0.570. The molecule has 0 saturated heterocycles. The first-order chi connectivity index (χ1) is 8.65. The summed E-state index contributed by atoms with van der Waals surface area (Å²) in [5, 5.41) is 3.24. The second-order valence-corrected chi connectivity index (χ2v) is 6.52. The molecule has 0 radical (unpaired) electrons. The highest BCUT2D eigenvalue weighted by molar-refractivity contribution is 5.77. The number of nitrogens with two attached hydrogens (primary N) is 1. The lowest BCUT2D eigenvalue weighted by Crippen LogP contribution is -2.42. The number of carbonyl (C=O) groups is 1. The van der Waals surface area contributed by atoms with Crippen LogP contribution in [-0.2, 0) is 4.79 Å². The molecule has 0 bridgehead atoms. The van der Waals surface area contributed by atoms with E-state index in [0.29, 0.717) is 24.9 Å². The molecule has 104 valence electrons. The lowest BCUT2D eigenvalue weighted by Gasteiger charge is -2.36. The molecule has 2 saturated carbocycles. The Bertz CT molecular complexity index is 284. The zero-order chi connectivity index (χ0) is 13.0. The molecule has 2 fully saturated rings. The van der Waals surface area contributed by atoms with Gasteiger partial charge in [0.15, 0.2) is 0 Å². The molecule has 2 aliphatic carbocycles. The maximum atomic E-state index is 12.2. The van der Waals surface area contributed by atoms with Gasteiger partial charge in [0.2, 0.25) is 5.91 Å². The number of carbonyl (C=O) groups excluding carboxylic acids is 1. The minimum atomic E-state index is 0.101. The maximum absolute atomic E-state index is 12.2. The average Bonchev–Trinajstić information content (AvgIpc) is 2.76. The average molecular weight is 252 g/mol. The molecule has 1 amide bonds. The van der Waals surface area contributed by atoms with Gasteiger partial charge in [0, 0.05) is 12.5 Å². The van der Waals surface area contributed by atoms with Gasteiger partial charge in [0.25, 0.3) is 0 Å². The van der Waals surface area contributed by atoms with Crippen molar-refractivity contribution in [2.45, 2.75) is 70.8 Å². The van der Waals surface area contributed by atoms with Crippen molar-refractivity contribution < 1.29 is 4.79 Å². The summed E-state index contributed by atoms with van der Waals surface area (Å²) in [6.07, 6.45) is 10.4. The molecule has 0 heterocycles. The van der Waals surface area contributed by atoms with Crippen LogP contribution in [0.1, 0.15) is 64.7 Å². The van der Waals surface area contributed by atoms with Gasteiger partial charge >= 0.3 is 0 Å². The van der Waals surface area contributed by atoms with E-state index in [1.165, 1.54) is 32.1 Å². The fourth-order valence-corrected chi connectivity index (χ4v) is 3.71. The second-order valence-electron chi connectivity index (χ2n) is 6.52. The molecular weight excluding hydrogens is 224 g/mol. The van der Waals surface area contributed by atoms with Gasteiger partial charge in [-0.25, -0.2) is 0 Å². The number of hydrogen-bond acceptors (Lipinski definition) is 2. The minimum Gasteiger partial charge on any atom is -0.353 e. The van der Waals surface area contributed by atoms with Gasteiger partial charge in [-0.15, -0.1) is 0 Å². The van der Waals surface area contributed by atoms with E-state index in [0.717, 1.165) is 19.3 Å². The predicted octanol–water partition coefficient (Wildman–Crippen LogP) is 2.59. The molecule has 3 N–H and O–H groups in total. The number of hydrogen-bond donors (Lipinski definition) is 2. The number of rotatable bonds is 4. The Kier molecular flexibility index (Phi) is 4.66. The van der Waals surface area contributed by atoms with Crippen LogP contribution in [0.2, 0.25) is 0 Å². The molecule has 2 rings (SSSR count). The van der Waals surface area contributed by atoms with Gasteiger partial charge in [-0.1, -0.05) is 32.6 Å². The molecule has 3 nitrogen and oxygen atoms in total. The van der Waals surface area contributed by atoms with Gasteiger partial charge in [-0.3, -0.25) is 4.79 Å². The minimum absolute atomic E-state index is 0.101. The van der Waals surface area contributed by atoms with Crippen LogP contribution in [0.4, 0.5) is 0 Å². The third-order valence-electron chi connectivity index (χ3n) is 5.09. The Labute approximate surface area is 111 Å². The molecule has 18 heavy (non-hydrogen) atoms. The topological polar surface area (TPSA) is 55.1 Å². The van der Waals surface area contributed by atoms with E-state index in [1.807, 2.05) is 0 Å². The van der Waals surface area contributed by atoms with E-state index in [4.69, 9.17) is 5.73 Å². The summed E-state index contributed by atoms with van der Waals surface area (Å²) in [4.78, 5) is 12.2. The maximum Gasteiger partial charge on any atom is 0.220 e. The van der Waals surface area contributed by atoms with Crippen LogP contribution < -0.4 is 11.1 Å². The van der Waals surface area contributed by atoms with E-state index < -0.39 is 0 Å². The van der Waals surface area contributed by atoms with Crippen molar-refractivity contribution in [2.75, 3.05) is 6.54 Å². The number of nitrogens with one attached hydrogen (secondary N) is 1. The quantitative estimate of drug-likeness (QED) is 0.808. The summed E-state index contributed by atoms with van der Waals surface area (Å²) in [5.74, 6) is 0.884. The van der Waals surface area contributed by atoms with Crippen LogP contribution in [0.25, 0.3) is 0 Å². The van der Waals surface area contributed by atoms with E-state index in [2.05, 4.69) is 12.2 Å². The summed E-state index contributed by atoms with van der Waals surface area (Å²) >= 11 is 0. The van der Waals surface area contributed by atoms with Crippen molar-refractivity contribution in [2.24, 2.45) is 17.1 Å². The second kappa shape index (κ2) is 6.05. The Balaban J connectivity index is 1.85. The van der Waals surface area contributed by atoms with Gasteiger partial charge < -0.3 is 11.1 Å². The standard InChI is InChI=1S/C15H28N2O/c1-12-6-5-7-13(12)17-14(18)10-15(11-16)8-3-2-4-9-15/h12-13H,2-11,16H2,1H3,(H,17,18). The van der Waals surface area contributed by atoms with Crippen molar-refractivity contribution in [1.29, 1.82) is 0 Å². The van der Waals surface area contributed by atoms with Crippen LogP contribution in [0, 0.1) is 11.3 Å². The van der Waals surface area contributed by atoms with Crippen LogP contribution in [0.3, 0.4) is 0 Å². The van der Waals surface area contributed by atoms with E-state index in [9.17, 15) is 4.79 Å². The normalized spacial score (nSPS) is 31.2.